The molecule has 22 heavy (non-hydrogen) atoms. The molecule has 0 saturated carbocycles. The average Bonchev–Trinajstić information content (AvgIpc) is 2.86. The Kier molecular flexibility index (Phi) is 3.30. The Morgan fingerprint density at radius 2 is 2.00 bits per heavy atom. The van der Waals surface area contributed by atoms with Crippen LogP contribution >= 0.6 is 38.5 Å². The number of nitrogens with one attached hydrogen (secondary N) is 1. The van der Waals surface area contributed by atoms with E-state index in [1.54, 1.807) is 0 Å². The molecule has 0 radical (unpaired) electrons. The summed E-state index contributed by atoms with van der Waals surface area (Å²) in [6.07, 6.45) is 0. The topological polar surface area (TPSA) is 58.9 Å². The molecule has 4 nitrogen and oxygen atoms in total. The van der Waals surface area contributed by atoms with Gasteiger partial charge in [-0.25, -0.2) is 4.98 Å². The normalized spacial score (nSPS) is 11.4. The first kappa shape index (κ1) is 14.0. The van der Waals surface area contributed by atoms with Crippen LogP contribution in [0.1, 0.15) is 0 Å². The van der Waals surface area contributed by atoms with Gasteiger partial charge < -0.3 is 9.40 Å². The fourth-order valence-corrected chi connectivity index (χ4v) is 3.41. The van der Waals surface area contributed by atoms with Crippen LogP contribution in [0.3, 0.4) is 0 Å². The van der Waals surface area contributed by atoms with Gasteiger partial charge in [-0.3, -0.25) is 4.79 Å². The summed E-state index contributed by atoms with van der Waals surface area (Å²) in [5, 5.41) is 0.822. The van der Waals surface area contributed by atoms with Gasteiger partial charge in [-0.05, 0) is 46.9 Å². The standard InChI is InChI=1S/C16H8BrIN2O2/c17-8-5-6-12-10(7-8)13-14(22-12)16(21)20-15(19-13)9-3-1-2-4-11(9)18/h1-7H,(H,19,20,21). The molecule has 0 bridgehead atoms. The zero-order valence-corrected chi connectivity index (χ0v) is 14.8. The SMILES string of the molecule is O=c1[nH]c(-c2ccccc2I)nc2c1oc1ccc(Br)cc12. The number of hydrogen-bond donors (Lipinski definition) is 1. The highest BCUT2D eigenvalue weighted by Crippen LogP contribution is 2.29. The Labute approximate surface area is 146 Å². The van der Waals surface area contributed by atoms with Crippen molar-refractivity contribution in [2.75, 3.05) is 0 Å². The van der Waals surface area contributed by atoms with Crippen LogP contribution in [0, 0.1) is 3.57 Å². The highest BCUT2D eigenvalue weighted by atomic mass is 127. The van der Waals surface area contributed by atoms with E-state index in [4.69, 9.17) is 4.42 Å². The number of furan rings is 1. The van der Waals surface area contributed by atoms with Gasteiger partial charge in [0.25, 0.3) is 5.56 Å². The monoisotopic (exact) mass is 466 g/mol. The van der Waals surface area contributed by atoms with Gasteiger partial charge in [0.15, 0.2) is 0 Å². The fourth-order valence-electron chi connectivity index (χ4n) is 2.41. The van der Waals surface area contributed by atoms with Gasteiger partial charge in [-0.2, -0.15) is 0 Å². The number of H-pyrrole nitrogens is 1. The lowest BCUT2D eigenvalue weighted by Crippen LogP contribution is -2.08. The molecule has 4 rings (SSSR count). The van der Waals surface area contributed by atoms with Gasteiger partial charge in [0.2, 0.25) is 5.58 Å². The molecular formula is C16H8BrIN2O2. The Morgan fingerprint density at radius 1 is 1.18 bits per heavy atom. The predicted octanol–water partition coefficient (Wildman–Crippen LogP) is 4.70. The van der Waals surface area contributed by atoms with Gasteiger partial charge in [0.05, 0.1) is 0 Å². The Bertz CT molecular complexity index is 1080. The highest BCUT2D eigenvalue weighted by Gasteiger charge is 2.15. The van der Waals surface area contributed by atoms with E-state index in [0.29, 0.717) is 16.9 Å². The maximum absolute atomic E-state index is 12.3. The van der Waals surface area contributed by atoms with E-state index < -0.39 is 0 Å². The number of aromatic amines is 1. The maximum atomic E-state index is 12.3. The summed E-state index contributed by atoms with van der Waals surface area (Å²) in [5.74, 6) is 0.546. The number of nitrogens with zero attached hydrogens (tertiary/aromatic N) is 1. The number of benzene rings is 2. The summed E-state index contributed by atoms with van der Waals surface area (Å²) in [6.45, 7) is 0. The van der Waals surface area contributed by atoms with Crippen molar-refractivity contribution in [3.8, 4) is 11.4 Å². The van der Waals surface area contributed by atoms with Crippen molar-refractivity contribution in [2.24, 2.45) is 0 Å². The number of halogens is 2. The van der Waals surface area contributed by atoms with E-state index in [9.17, 15) is 4.79 Å². The van der Waals surface area contributed by atoms with Crippen molar-refractivity contribution in [1.29, 1.82) is 0 Å². The second-order valence-corrected chi connectivity index (χ2v) is 6.89. The van der Waals surface area contributed by atoms with Crippen LogP contribution in [-0.4, -0.2) is 9.97 Å². The number of rotatable bonds is 1. The van der Waals surface area contributed by atoms with Gasteiger partial charge in [-0.1, -0.05) is 34.1 Å². The summed E-state index contributed by atoms with van der Waals surface area (Å²) in [5.41, 5.74) is 2.10. The number of aromatic nitrogens is 2. The molecule has 0 spiro atoms. The van der Waals surface area contributed by atoms with E-state index in [1.165, 1.54) is 0 Å². The third-order valence-electron chi connectivity index (χ3n) is 3.41. The largest absolute Gasteiger partial charge is 0.449 e. The van der Waals surface area contributed by atoms with Crippen molar-refractivity contribution < 1.29 is 4.42 Å². The average molecular weight is 467 g/mol. The minimum Gasteiger partial charge on any atom is -0.449 e. The Morgan fingerprint density at radius 3 is 2.82 bits per heavy atom. The minimum atomic E-state index is -0.271. The molecule has 0 aliphatic carbocycles. The van der Waals surface area contributed by atoms with Gasteiger partial charge in [-0.15, -0.1) is 0 Å². The summed E-state index contributed by atoms with van der Waals surface area (Å²) in [4.78, 5) is 19.8. The Balaban J connectivity index is 2.11. The lowest BCUT2D eigenvalue weighted by Gasteiger charge is -2.03. The molecule has 0 fully saturated rings. The molecule has 1 N–H and O–H groups in total. The lowest BCUT2D eigenvalue weighted by atomic mass is 10.2. The smallest absolute Gasteiger partial charge is 0.294 e. The predicted molar refractivity (Wildman–Crippen MR) is 98.0 cm³/mol. The lowest BCUT2D eigenvalue weighted by molar-refractivity contribution is 0.661. The first-order valence-electron chi connectivity index (χ1n) is 6.50. The molecule has 0 amide bonds. The number of hydrogen-bond acceptors (Lipinski definition) is 3. The molecule has 0 unspecified atom stereocenters. The highest BCUT2D eigenvalue weighted by molar-refractivity contribution is 14.1. The van der Waals surface area contributed by atoms with Crippen LogP contribution in [0.4, 0.5) is 0 Å². The summed E-state index contributed by atoms with van der Waals surface area (Å²) >= 11 is 5.67. The van der Waals surface area contributed by atoms with Crippen molar-refractivity contribution in [3.63, 3.8) is 0 Å². The van der Waals surface area contributed by atoms with Crippen LogP contribution < -0.4 is 5.56 Å². The zero-order valence-electron chi connectivity index (χ0n) is 11.1. The summed E-state index contributed by atoms with van der Waals surface area (Å²) < 4.78 is 7.57. The Hall–Kier alpha value is -1.67. The van der Waals surface area contributed by atoms with Crippen molar-refractivity contribution in [2.45, 2.75) is 0 Å². The van der Waals surface area contributed by atoms with Crippen molar-refractivity contribution in [1.82, 2.24) is 9.97 Å². The van der Waals surface area contributed by atoms with Gasteiger partial charge in [0.1, 0.15) is 16.9 Å². The van der Waals surface area contributed by atoms with Gasteiger partial charge in [0, 0.05) is 19.0 Å². The molecule has 0 aliphatic heterocycles. The second-order valence-electron chi connectivity index (χ2n) is 4.81. The fraction of sp³-hybridized carbons (Fsp3) is 0. The number of fused-ring (bicyclic) bond motifs is 3. The molecule has 0 aliphatic rings. The van der Waals surface area contributed by atoms with Crippen LogP contribution in [0.15, 0.2) is 56.1 Å². The summed E-state index contributed by atoms with van der Waals surface area (Å²) in [6, 6.07) is 13.4. The van der Waals surface area contributed by atoms with Crippen molar-refractivity contribution >= 4 is 60.6 Å². The molecule has 2 aromatic heterocycles. The second kappa shape index (κ2) is 5.20. The quantitative estimate of drug-likeness (QED) is 0.413. The van der Waals surface area contributed by atoms with E-state index in [0.717, 1.165) is 19.0 Å². The van der Waals surface area contributed by atoms with Crippen molar-refractivity contribution in [3.05, 3.63) is 60.9 Å². The van der Waals surface area contributed by atoms with E-state index >= 15 is 0 Å². The first-order valence-corrected chi connectivity index (χ1v) is 8.37. The molecule has 4 aromatic rings. The molecule has 2 heterocycles. The molecule has 0 saturated heterocycles. The minimum absolute atomic E-state index is 0.253. The first-order chi connectivity index (χ1) is 10.6. The van der Waals surface area contributed by atoms with E-state index in [-0.39, 0.29) is 11.1 Å². The van der Waals surface area contributed by atoms with Crippen LogP contribution in [0.5, 0.6) is 0 Å². The molecule has 2 aromatic carbocycles. The molecule has 0 atom stereocenters. The maximum Gasteiger partial charge on any atom is 0.294 e. The van der Waals surface area contributed by atoms with Crippen LogP contribution in [-0.2, 0) is 0 Å². The van der Waals surface area contributed by atoms with Crippen LogP contribution in [0.2, 0.25) is 0 Å². The molecule has 108 valence electrons. The third-order valence-corrected chi connectivity index (χ3v) is 4.85. The third kappa shape index (κ3) is 2.17. The van der Waals surface area contributed by atoms with Crippen LogP contribution in [0.25, 0.3) is 33.5 Å². The molecule has 6 heteroatoms. The van der Waals surface area contributed by atoms with E-state index in [1.807, 2.05) is 42.5 Å². The zero-order chi connectivity index (χ0) is 15.3. The van der Waals surface area contributed by atoms with Gasteiger partial charge >= 0.3 is 0 Å². The molecular weight excluding hydrogens is 459 g/mol. The van der Waals surface area contributed by atoms with E-state index in [2.05, 4.69) is 48.5 Å². The summed E-state index contributed by atoms with van der Waals surface area (Å²) in [7, 11) is 0.